The highest BCUT2D eigenvalue weighted by Crippen LogP contribution is 2.41. The van der Waals surface area contributed by atoms with E-state index >= 15 is 0 Å². The second-order valence-electron chi connectivity index (χ2n) is 18.6. The van der Waals surface area contributed by atoms with Crippen LogP contribution in [0.4, 0.5) is 0 Å². The molecular formula is C46H87O4P. The van der Waals surface area contributed by atoms with E-state index in [0.717, 1.165) is 66.8 Å². The molecule has 2 unspecified atom stereocenters. The summed E-state index contributed by atoms with van der Waals surface area (Å²) in [6, 6.07) is 5.79. The van der Waals surface area contributed by atoms with E-state index in [0.29, 0.717) is 17.6 Å². The molecule has 6 atom stereocenters. The molecule has 300 valence electrons. The van der Waals surface area contributed by atoms with Crippen LogP contribution in [-0.4, -0.2) is 9.79 Å². The molecule has 0 aliphatic heterocycles. The van der Waals surface area contributed by atoms with Gasteiger partial charge in [0.1, 0.15) is 5.75 Å². The summed E-state index contributed by atoms with van der Waals surface area (Å²) in [6.45, 7) is 23.8. The standard InChI is InChI=1S/C46H87O4P/c1-36(2)18-11-20-38(5)22-13-24-40(7)26-15-28-42(9)32-34-44-30-17-31-46(50-51(47,48)49)45(44)35-33-43(10)29-16-27-41(8)25-14-23-39(6)21-12-19-37(3)4/h17,30-31,36-43H,11-16,18-29,32-35H2,1-10H3,(H2,47,48,49)/t38-,39-,40-,41-,42?,43?/m1/s1. The van der Waals surface area contributed by atoms with Crippen LogP contribution in [0.15, 0.2) is 18.2 Å². The Morgan fingerprint density at radius 2 is 0.784 bits per heavy atom. The molecule has 1 rings (SSSR count). The van der Waals surface area contributed by atoms with Crippen molar-refractivity contribution in [3.8, 4) is 5.75 Å². The number of phosphoric acid groups is 1. The minimum atomic E-state index is -4.62. The van der Waals surface area contributed by atoms with Crippen LogP contribution in [0.3, 0.4) is 0 Å². The van der Waals surface area contributed by atoms with Gasteiger partial charge in [-0.05, 0) is 90.2 Å². The summed E-state index contributed by atoms with van der Waals surface area (Å²) in [6.07, 6.45) is 27.9. The van der Waals surface area contributed by atoms with Crippen molar-refractivity contribution in [2.24, 2.45) is 47.3 Å². The van der Waals surface area contributed by atoms with Crippen LogP contribution in [0.1, 0.15) is 209 Å². The molecule has 0 saturated carbocycles. The highest BCUT2D eigenvalue weighted by molar-refractivity contribution is 7.46. The van der Waals surface area contributed by atoms with E-state index in [1.807, 2.05) is 6.07 Å². The topological polar surface area (TPSA) is 66.8 Å². The second kappa shape index (κ2) is 27.7. The van der Waals surface area contributed by atoms with Gasteiger partial charge in [0.05, 0.1) is 0 Å². The lowest BCUT2D eigenvalue weighted by Crippen LogP contribution is -2.06. The summed E-state index contributed by atoms with van der Waals surface area (Å²) in [5, 5.41) is 0. The monoisotopic (exact) mass is 735 g/mol. The van der Waals surface area contributed by atoms with E-state index in [4.69, 9.17) is 4.52 Å². The number of benzene rings is 1. The minimum Gasteiger partial charge on any atom is -0.404 e. The lowest BCUT2D eigenvalue weighted by atomic mass is 9.88. The Hall–Kier alpha value is -0.830. The van der Waals surface area contributed by atoms with Gasteiger partial charge >= 0.3 is 7.82 Å². The first-order chi connectivity index (χ1) is 24.1. The zero-order valence-electron chi connectivity index (χ0n) is 35.6. The Balaban J connectivity index is 2.49. The van der Waals surface area contributed by atoms with Crippen molar-refractivity contribution < 1.29 is 18.9 Å². The van der Waals surface area contributed by atoms with Gasteiger partial charge in [0, 0.05) is 0 Å². The van der Waals surface area contributed by atoms with Crippen LogP contribution in [-0.2, 0) is 17.4 Å². The molecule has 5 heteroatoms. The fraction of sp³-hybridized carbons (Fsp3) is 0.870. The number of rotatable bonds is 32. The maximum absolute atomic E-state index is 11.9. The smallest absolute Gasteiger partial charge is 0.404 e. The van der Waals surface area contributed by atoms with E-state index in [9.17, 15) is 14.4 Å². The molecule has 0 radical (unpaired) electrons. The molecule has 0 amide bonds. The van der Waals surface area contributed by atoms with Crippen molar-refractivity contribution in [3.05, 3.63) is 29.3 Å². The first-order valence-corrected chi connectivity index (χ1v) is 23.4. The van der Waals surface area contributed by atoms with Gasteiger partial charge in [0.2, 0.25) is 0 Å². The van der Waals surface area contributed by atoms with Crippen LogP contribution in [0, 0.1) is 47.3 Å². The van der Waals surface area contributed by atoms with Crippen LogP contribution < -0.4 is 4.52 Å². The van der Waals surface area contributed by atoms with Crippen LogP contribution in [0.2, 0.25) is 0 Å². The van der Waals surface area contributed by atoms with Gasteiger partial charge < -0.3 is 4.52 Å². The molecule has 0 aliphatic carbocycles. The summed E-state index contributed by atoms with van der Waals surface area (Å²) in [7, 11) is -4.62. The predicted molar refractivity (Wildman–Crippen MR) is 224 cm³/mol. The van der Waals surface area contributed by atoms with Crippen molar-refractivity contribution in [3.63, 3.8) is 0 Å². The summed E-state index contributed by atoms with van der Waals surface area (Å²) in [5.74, 6) is 6.53. The molecule has 0 saturated heterocycles. The molecule has 1 aromatic rings. The van der Waals surface area contributed by atoms with Gasteiger partial charge in [-0.2, -0.15) is 0 Å². The maximum atomic E-state index is 11.9. The third kappa shape index (κ3) is 26.6. The van der Waals surface area contributed by atoms with E-state index in [1.54, 1.807) is 6.07 Å². The maximum Gasteiger partial charge on any atom is 0.524 e. The third-order valence-electron chi connectivity index (χ3n) is 11.8. The van der Waals surface area contributed by atoms with E-state index in [-0.39, 0.29) is 0 Å². The fourth-order valence-corrected chi connectivity index (χ4v) is 8.44. The number of hydrogen-bond acceptors (Lipinski definition) is 2. The highest BCUT2D eigenvalue weighted by Gasteiger charge is 2.21. The summed E-state index contributed by atoms with van der Waals surface area (Å²) < 4.78 is 17.1. The molecule has 1 aromatic carbocycles. The summed E-state index contributed by atoms with van der Waals surface area (Å²) in [5.41, 5.74) is 2.20. The molecule has 0 heterocycles. The quantitative estimate of drug-likeness (QED) is 0.0723. The molecule has 0 bridgehead atoms. The summed E-state index contributed by atoms with van der Waals surface area (Å²) >= 11 is 0. The molecule has 0 aliphatic rings. The largest absolute Gasteiger partial charge is 0.524 e. The molecule has 51 heavy (non-hydrogen) atoms. The average molecular weight is 735 g/mol. The predicted octanol–water partition coefficient (Wildman–Crippen LogP) is 15.2. The zero-order chi connectivity index (χ0) is 38.2. The Bertz CT molecular complexity index is 1030. The Morgan fingerprint density at radius 3 is 1.12 bits per heavy atom. The minimum absolute atomic E-state index is 0.371. The molecule has 2 N–H and O–H groups in total. The lowest BCUT2D eigenvalue weighted by molar-refractivity contribution is 0.282. The van der Waals surface area contributed by atoms with Crippen LogP contribution in [0.5, 0.6) is 5.75 Å². The van der Waals surface area contributed by atoms with Crippen LogP contribution in [0.25, 0.3) is 0 Å². The van der Waals surface area contributed by atoms with Gasteiger partial charge in [0.25, 0.3) is 0 Å². The first kappa shape index (κ1) is 48.2. The normalized spacial score (nSPS) is 16.0. The van der Waals surface area contributed by atoms with Crippen molar-refractivity contribution in [2.75, 3.05) is 0 Å². The van der Waals surface area contributed by atoms with Gasteiger partial charge in [-0.1, -0.05) is 197 Å². The van der Waals surface area contributed by atoms with Crippen molar-refractivity contribution >= 4 is 7.82 Å². The van der Waals surface area contributed by atoms with Crippen molar-refractivity contribution in [1.29, 1.82) is 0 Å². The molecule has 0 spiro atoms. The number of aryl methyl sites for hydroxylation is 1. The first-order valence-electron chi connectivity index (χ1n) is 21.9. The van der Waals surface area contributed by atoms with Crippen molar-refractivity contribution in [2.45, 2.75) is 210 Å². The molecular weight excluding hydrogens is 647 g/mol. The van der Waals surface area contributed by atoms with Crippen molar-refractivity contribution in [1.82, 2.24) is 0 Å². The lowest BCUT2D eigenvalue weighted by Gasteiger charge is -2.20. The fourth-order valence-electron chi connectivity index (χ4n) is 8.01. The second-order valence-corrected chi connectivity index (χ2v) is 19.7. The average Bonchev–Trinajstić information content (AvgIpc) is 3.02. The highest BCUT2D eigenvalue weighted by atomic mass is 31.2. The molecule has 0 fully saturated rings. The van der Waals surface area contributed by atoms with Crippen LogP contribution >= 0.6 is 7.82 Å². The molecule has 4 nitrogen and oxygen atoms in total. The zero-order valence-corrected chi connectivity index (χ0v) is 36.5. The Labute approximate surface area is 318 Å². The SMILES string of the molecule is CC(C)CCC[C@@H](C)CCC[C@@H](C)CCCC(C)CCc1cccc(OP(=O)(O)O)c1CCC(C)CCC[C@H](C)CCC[C@H](C)CCCC(C)C. The third-order valence-corrected chi connectivity index (χ3v) is 12.2. The molecule has 0 aromatic heterocycles. The van der Waals surface area contributed by atoms with Gasteiger partial charge in [-0.15, -0.1) is 0 Å². The van der Waals surface area contributed by atoms with Gasteiger partial charge in [0.15, 0.2) is 0 Å². The van der Waals surface area contributed by atoms with Gasteiger partial charge in [-0.3, -0.25) is 9.79 Å². The van der Waals surface area contributed by atoms with E-state index in [1.165, 1.54) is 121 Å². The Kier molecular flexibility index (Phi) is 26.2. The van der Waals surface area contributed by atoms with E-state index < -0.39 is 7.82 Å². The Morgan fingerprint density at radius 1 is 0.471 bits per heavy atom. The van der Waals surface area contributed by atoms with E-state index in [2.05, 4.69) is 75.3 Å². The summed E-state index contributed by atoms with van der Waals surface area (Å²) in [4.78, 5) is 19.3. The number of hydrogen-bond donors (Lipinski definition) is 2. The van der Waals surface area contributed by atoms with Gasteiger partial charge in [-0.25, -0.2) is 4.57 Å². The number of phosphoric ester groups is 1.